The number of fused-ring (bicyclic) bond motifs is 3. The van der Waals surface area contributed by atoms with Crippen LogP contribution >= 0.6 is 0 Å². The minimum absolute atomic E-state index is 0.182. The van der Waals surface area contributed by atoms with Crippen LogP contribution in [-0.4, -0.2) is 11.9 Å². The van der Waals surface area contributed by atoms with Gasteiger partial charge in [-0.2, -0.15) is 0 Å². The molecule has 0 aromatic rings. The minimum Gasteiger partial charge on any atom is -0.393 e. The standard InChI is InChI=1S/C15H20O3/c1-3-9-8(2)12-13(15(17)18-14(12)16)11-7-5-4-6-10(9)11/h8,11-13H,3-7H2,1-2H3. The van der Waals surface area contributed by atoms with Gasteiger partial charge in [-0.15, -0.1) is 0 Å². The summed E-state index contributed by atoms with van der Waals surface area (Å²) in [5, 5.41) is 0. The van der Waals surface area contributed by atoms with Crippen LogP contribution in [0.3, 0.4) is 0 Å². The fourth-order valence-electron chi connectivity index (χ4n) is 4.35. The second-order valence-electron chi connectivity index (χ2n) is 5.84. The highest BCUT2D eigenvalue weighted by Crippen LogP contribution is 2.52. The molecule has 3 rings (SSSR count). The fourth-order valence-corrected chi connectivity index (χ4v) is 4.35. The molecule has 1 heterocycles. The zero-order valence-electron chi connectivity index (χ0n) is 11.1. The van der Waals surface area contributed by atoms with Gasteiger partial charge in [0, 0.05) is 0 Å². The van der Waals surface area contributed by atoms with Gasteiger partial charge in [0.2, 0.25) is 0 Å². The third kappa shape index (κ3) is 1.49. The first-order chi connectivity index (χ1) is 8.65. The fraction of sp³-hybridized carbons (Fsp3) is 0.733. The molecule has 98 valence electrons. The van der Waals surface area contributed by atoms with Crippen LogP contribution in [0.4, 0.5) is 0 Å². The van der Waals surface area contributed by atoms with Crippen molar-refractivity contribution in [3.05, 3.63) is 11.1 Å². The molecule has 0 N–H and O–H groups in total. The number of hydrogen-bond acceptors (Lipinski definition) is 3. The van der Waals surface area contributed by atoms with Crippen LogP contribution in [0.25, 0.3) is 0 Å². The molecule has 4 atom stereocenters. The molecule has 0 aromatic heterocycles. The van der Waals surface area contributed by atoms with Crippen LogP contribution < -0.4 is 0 Å². The lowest BCUT2D eigenvalue weighted by atomic mass is 9.61. The van der Waals surface area contributed by atoms with Gasteiger partial charge in [-0.05, 0) is 37.5 Å². The van der Waals surface area contributed by atoms with Crippen molar-refractivity contribution in [2.75, 3.05) is 0 Å². The normalized spacial score (nSPS) is 39.4. The summed E-state index contributed by atoms with van der Waals surface area (Å²) in [6.45, 7) is 4.25. The van der Waals surface area contributed by atoms with Crippen molar-refractivity contribution in [2.24, 2.45) is 23.7 Å². The van der Waals surface area contributed by atoms with Gasteiger partial charge in [0.15, 0.2) is 0 Å². The van der Waals surface area contributed by atoms with Gasteiger partial charge in [0.1, 0.15) is 0 Å². The van der Waals surface area contributed by atoms with Crippen LogP contribution in [-0.2, 0) is 14.3 Å². The minimum atomic E-state index is -0.284. The lowest BCUT2D eigenvalue weighted by Gasteiger charge is -2.40. The van der Waals surface area contributed by atoms with Gasteiger partial charge < -0.3 is 4.74 Å². The molecule has 4 unspecified atom stereocenters. The SMILES string of the molecule is CCC1=C2CCCCC2C2C(=O)OC(=O)C2C1C. The Morgan fingerprint density at radius 1 is 1.17 bits per heavy atom. The van der Waals surface area contributed by atoms with Crippen LogP contribution in [0, 0.1) is 23.7 Å². The van der Waals surface area contributed by atoms with Gasteiger partial charge in [-0.1, -0.05) is 31.4 Å². The Balaban J connectivity index is 2.08. The van der Waals surface area contributed by atoms with Crippen LogP contribution in [0.1, 0.15) is 46.0 Å². The Hall–Kier alpha value is -1.12. The summed E-state index contributed by atoms with van der Waals surface area (Å²) in [6.07, 6.45) is 5.56. The van der Waals surface area contributed by atoms with Crippen LogP contribution in [0.5, 0.6) is 0 Å². The van der Waals surface area contributed by atoms with E-state index in [1.165, 1.54) is 24.0 Å². The monoisotopic (exact) mass is 248 g/mol. The van der Waals surface area contributed by atoms with Crippen molar-refractivity contribution in [1.29, 1.82) is 0 Å². The predicted octanol–water partition coefficient (Wildman–Crippen LogP) is 2.85. The van der Waals surface area contributed by atoms with E-state index in [2.05, 4.69) is 13.8 Å². The van der Waals surface area contributed by atoms with Crippen LogP contribution in [0.2, 0.25) is 0 Å². The van der Waals surface area contributed by atoms with E-state index in [-0.39, 0.29) is 35.6 Å². The first kappa shape index (κ1) is 11.9. The summed E-state index contributed by atoms with van der Waals surface area (Å²) in [7, 11) is 0. The van der Waals surface area contributed by atoms with E-state index >= 15 is 0 Å². The molecule has 1 saturated heterocycles. The molecule has 1 saturated carbocycles. The summed E-state index contributed by atoms with van der Waals surface area (Å²) in [4.78, 5) is 23.8. The molecule has 1 aliphatic heterocycles. The first-order valence-electron chi connectivity index (χ1n) is 7.12. The largest absolute Gasteiger partial charge is 0.393 e. The highest BCUT2D eigenvalue weighted by molar-refractivity contribution is 5.97. The van der Waals surface area contributed by atoms with E-state index in [0.29, 0.717) is 0 Å². The molecule has 18 heavy (non-hydrogen) atoms. The number of esters is 2. The Morgan fingerprint density at radius 2 is 1.89 bits per heavy atom. The Morgan fingerprint density at radius 3 is 2.61 bits per heavy atom. The average molecular weight is 248 g/mol. The zero-order chi connectivity index (χ0) is 12.9. The summed E-state index contributed by atoms with van der Waals surface area (Å²) in [6, 6.07) is 0. The van der Waals surface area contributed by atoms with E-state index in [9.17, 15) is 9.59 Å². The molecular formula is C15H20O3. The molecule has 2 fully saturated rings. The van der Waals surface area contributed by atoms with Gasteiger partial charge in [-0.25, -0.2) is 0 Å². The molecule has 2 aliphatic carbocycles. The quantitative estimate of drug-likeness (QED) is 0.407. The van der Waals surface area contributed by atoms with Crippen LogP contribution in [0.15, 0.2) is 11.1 Å². The van der Waals surface area contributed by atoms with E-state index in [0.717, 1.165) is 19.3 Å². The van der Waals surface area contributed by atoms with Crippen molar-refractivity contribution in [3.63, 3.8) is 0 Å². The average Bonchev–Trinajstić information content (AvgIpc) is 2.66. The zero-order valence-corrected chi connectivity index (χ0v) is 11.1. The number of rotatable bonds is 1. The summed E-state index contributed by atoms with van der Waals surface area (Å²) < 4.78 is 4.92. The molecule has 0 spiro atoms. The number of carbonyl (C=O) groups is 2. The molecule has 3 nitrogen and oxygen atoms in total. The van der Waals surface area contributed by atoms with E-state index in [1.807, 2.05) is 0 Å². The third-order valence-corrected chi connectivity index (χ3v) is 5.11. The van der Waals surface area contributed by atoms with Crippen molar-refractivity contribution in [3.8, 4) is 0 Å². The number of allylic oxidation sites excluding steroid dienone is 2. The molecule has 0 aromatic carbocycles. The summed E-state index contributed by atoms with van der Waals surface area (Å²) >= 11 is 0. The lowest BCUT2D eigenvalue weighted by molar-refractivity contribution is -0.154. The second kappa shape index (κ2) is 4.22. The Labute approximate surface area is 108 Å². The van der Waals surface area contributed by atoms with Crippen molar-refractivity contribution in [1.82, 2.24) is 0 Å². The molecule has 3 heteroatoms. The maximum atomic E-state index is 11.9. The van der Waals surface area contributed by atoms with Crippen molar-refractivity contribution < 1.29 is 14.3 Å². The van der Waals surface area contributed by atoms with E-state index < -0.39 is 0 Å². The summed E-state index contributed by atoms with van der Waals surface area (Å²) in [5.74, 6) is -0.473. The second-order valence-corrected chi connectivity index (χ2v) is 5.84. The molecule has 3 aliphatic rings. The molecule has 0 radical (unpaired) electrons. The topological polar surface area (TPSA) is 43.4 Å². The molecule has 0 amide bonds. The molecule has 0 bridgehead atoms. The van der Waals surface area contributed by atoms with Gasteiger partial charge in [-0.3, -0.25) is 9.59 Å². The van der Waals surface area contributed by atoms with Gasteiger partial charge >= 0.3 is 11.9 Å². The van der Waals surface area contributed by atoms with Gasteiger partial charge in [0.05, 0.1) is 11.8 Å². The lowest BCUT2D eigenvalue weighted by Crippen LogP contribution is -2.38. The maximum Gasteiger partial charge on any atom is 0.318 e. The first-order valence-corrected chi connectivity index (χ1v) is 7.12. The Kier molecular flexibility index (Phi) is 2.80. The van der Waals surface area contributed by atoms with Crippen molar-refractivity contribution in [2.45, 2.75) is 46.0 Å². The predicted molar refractivity (Wildman–Crippen MR) is 66.5 cm³/mol. The number of cyclic esters (lactones) is 2. The van der Waals surface area contributed by atoms with Crippen molar-refractivity contribution >= 4 is 11.9 Å². The smallest absolute Gasteiger partial charge is 0.318 e. The molecular weight excluding hydrogens is 228 g/mol. The van der Waals surface area contributed by atoms with Gasteiger partial charge in [0.25, 0.3) is 0 Å². The Bertz CT molecular complexity index is 435. The third-order valence-electron chi connectivity index (χ3n) is 5.11. The highest BCUT2D eigenvalue weighted by Gasteiger charge is 2.55. The summed E-state index contributed by atoms with van der Waals surface area (Å²) in [5.41, 5.74) is 2.90. The maximum absolute atomic E-state index is 11.9. The van der Waals surface area contributed by atoms with E-state index in [4.69, 9.17) is 4.74 Å². The van der Waals surface area contributed by atoms with E-state index in [1.54, 1.807) is 0 Å². The number of ether oxygens (including phenoxy) is 1. The highest BCUT2D eigenvalue weighted by atomic mass is 16.6. The number of hydrogen-bond donors (Lipinski definition) is 0. The number of carbonyl (C=O) groups excluding carboxylic acids is 2.